The molecule has 0 bridgehead atoms. The maximum Gasteiger partial charge on any atom is 0.422 e. The number of thiocarbonyl (C=S) groups is 1. The molecule has 0 unspecified atom stereocenters. The molecule has 0 atom stereocenters. The van der Waals surface area contributed by atoms with Crippen LogP contribution in [0.25, 0.3) is 0 Å². The molecular weight excluding hydrogens is 761 g/mol. The van der Waals surface area contributed by atoms with Crippen molar-refractivity contribution in [1.29, 1.82) is 0 Å². The summed E-state index contributed by atoms with van der Waals surface area (Å²) in [7, 11) is 0. The van der Waals surface area contributed by atoms with Gasteiger partial charge in [0.05, 0.1) is 16.2 Å². The molecule has 1 aromatic heterocycles. The summed E-state index contributed by atoms with van der Waals surface area (Å²) in [5, 5.41) is 12.7. The highest BCUT2D eigenvalue weighted by Gasteiger charge is 2.45. The fourth-order valence-corrected chi connectivity index (χ4v) is 5.30. The second kappa shape index (κ2) is 16.0. The number of alkyl halides is 3. The summed E-state index contributed by atoms with van der Waals surface area (Å²) in [5.41, 5.74) is 0.838. The quantitative estimate of drug-likeness (QED) is 0.0335. The van der Waals surface area contributed by atoms with Crippen LogP contribution in [0, 0.1) is 11.2 Å². The number of rotatable bonds is 13. The van der Waals surface area contributed by atoms with E-state index in [-0.39, 0.29) is 29.2 Å². The lowest BCUT2D eigenvalue weighted by atomic mass is 9.93. The van der Waals surface area contributed by atoms with Crippen LogP contribution in [-0.4, -0.2) is 57.6 Å². The van der Waals surface area contributed by atoms with E-state index >= 15 is 0 Å². The zero-order valence-corrected chi connectivity index (χ0v) is 30.5. The molecule has 1 aliphatic carbocycles. The Hall–Kier alpha value is -4.84. The predicted octanol–water partition coefficient (Wildman–Crippen LogP) is 6.42. The van der Waals surface area contributed by atoms with Crippen LogP contribution >= 0.6 is 35.4 Å². The standard InChI is InChI=1S/C34H33Cl2F4N9O3S/c1-32(2,16-42-26(50)27(51)44-22-9-12-24(36)25(37)15-22)17-43-28(53)19-3-10-23(11-4-19)49(41)30-45-29(46-31(47-30)52-18-34(38,39)40)48-33(13-14-33)20-5-7-21(35)8-6-20/h3-12,15H,13-14,16-18,41H2,1-2H3,(H,42,50)(H,43,53)(H,44,51)(H,45,46,47,48). The van der Waals surface area contributed by atoms with Gasteiger partial charge in [-0.2, -0.15) is 28.1 Å². The number of hydrogen-bond acceptors (Lipinski definition) is 10. The van der Waals surface area contributed by atoms with Gasteiger partial charge in [0.15, 0.2) is 6.61 Å². The molecular formula is C34H33Cl2F4N9O3S. The average molecular weight is 795 g/mol. The van der Waals surface area contributed by atoms with Gasteiger partial charge in [-0.1, -0.05) is 61.4 Å². The van der Waals surface area contributed by atoms with Crippen LogP contribution in [0.1, 0.15) is 37.8 Å². The van der Waals surface area contributed by atoms with Gasteiger partial charge in [-0.25, -0.2) is 15.2 Å². The molecule has 0 spiro atoms. The molecule has 3 aromatic carbocycles. The van der Waals surface area contributed by atoms with E-state index in [2.05, 4.69) is 36.2 Å². The van der Waals surface area contributed by atoms with Gasteiger partial charge in [0, 0.05) is 29.4 Å². The number of hydrogen-bond donors (Lipinski definition) is 5. The third-order valence-electron chi connectivity index (χ3n) is 7.93. The zero-order chi connectivity index (χ0) is 38.6. The number of anilines is 4. The molecule has 4 aromatic rings. The molecule has 6 N–H and O–H groups in total. The van der Waals surface area contributed by atoms with Crippen LogP contribution in [0.4, 0.5) is 40.8 Å². The van der Waals surface area contributed by atoms with Crippen LogP contribution in [0.2, 0.25) is 10.0 Å². The van der Waals surface area contributed by atoms with E-state index in [1.165, 1.54) is 12.1 Å². The molecule has 53 heavy (non-hydrogen) atoms. The summed E-state index contributed by atoms with van der Waals surface area (Å²) >= 11 is 17.2. The van der Waals surface area contributed by atoms with E-state index in [1.54, 1.807) is 36.4 Å². The van der Waals surface area contributed by atoms with Crippen molar-refractivity contribution in [3.63, 3.8) is 0 Å². The van der Waals surface area contributed by atoms with Gasteiger partial charge >= 0.3 is 24.0 Å². The lowest BCUT2D eigenvalue weighted by Gasteiger charge is -2.26. The molecule has 1 heterocycles. The molecule has 12 nitrogen and oxygen atoms in total. The van der Waals surface area contributed by atoms with Crippen molar-refractivity contribution < 1.29 is 31.9 Å². The van der Waals surface area contributed by atoms with Crippen LogP contribution < -0.4 is 36.9 Å². The summed E-state index contributed by atoms with van der Waals surface area (Å²) in [4.78, 5) is 37.5. The molecule has 1 aliphatic rings. The zero-order valence-electron chi connectivity index (χ0n) is 28.2. The van der Waals surface area contributed by atoms with E-state index in [1.807, 2.05) is 26.0 Å². The van der Waals surface area contributed by atoms with E-state index < -0.39 is 47.4 Å². The number of hydrazine groups is 1. The van der Waals surface area contributed by atoms with E-state index in [9.17, 15) is 27.2 Å². The largest absolute Gasteiger partial charge is 0.454 e. The summed E-state index contributed by atoms with van der Waals surface area (Å²) in [6.45, 7) is 2.47. The number of benzene rings is 3. The van der Waals surface area contributed by atoms with Crippen molar-refractivity contribution in [3.8, 4) is 6.01 Å². The first-order chi connectivity index (χ1) is 24.9. The first kappa shape index (κ1) is 39.4. The molecule has 0 radical (unpaired) electrons. The molecule has 1 fully saturated rings. The number of nitrogens with two attached hydrogens (primary N) is 1. The smallest absolute Gasteiger partial charge is 0.422 e. The highest BCUT2D eigenvalue weighted by atomic mass is 35.5. The van der Waals surface area contributed by atoms with Crippen LogP contribution in [0.5, 0.6) is 6.01 Å². The first-order valence-corrected chi connectivity index (χ1v) is 17.1. The van der Waals surface area contributed by atoms with Gasteiger partial charge < -0.3 is 26.0 Å². The Balaban J connectivity index is 1.20. The highest BCUT2D eigenvalue weighted by molar-refractivity contribution is 7.80. The van der Waals surface area contributed by atoms with Crippen molar-refractivity contribution in [2.24, 2.45) is 11.3 Å². The van der Waals surface area contributed by atoms with Crippen molar-refractivity contribution in [1.82, 2.24) is 25.6 Å². The number of nitrogens with zero attached hydrogens (tertiary/aromatic N) is 4. The molecule has 1 saturated carbocycles. The summed E-state index contributed by atoms with van der Waals surface area (Å²) < 4.78 is 57.5. The molecule has 5 rings (SSSR count). The Morgan fingerprint density at radius 3 is 2.23 bits per heavy atom. The third-order valence-corrected chi connectivity index (χ3v) is 8.87. The Bertz CT molecular complexity index is 1980. The van der Waals surface area contributed by atoms with Gasteiger partial charge in [0.2, 0.25) is 5.95 Å². The molecule has 280 valence electrons. The van der Waals surface area contributed by atoms with Crippen molar-refractivity contribution in [3.05, 3.63) is 93.7 Å². The Morgan fingerprint density at radius 1 is 0.943 bits per heavy atom. The second-order valence-electron chi connectivity index (χ2n) is 12.9. The maximum atomic E-state index is 13.7. The van der Waals surface area contributed by atoms with Crippen LogP contribution in [-0.2, 0) is 15.1 Å². The topological polar surface area (TPSA) is 159 Å². The van der Waals surface area contributed by atoms with E-state index in [4.69, 9.17) is 46.0 Å². The Morgan fingerprint density at radius 2 is 1.60 bits per heavy atom. The number of halogens is 6. The van der Waals surface area contributed by atoms with Crippen LogP contribution in [0.3, 0.4) is 0 Å². The summed E-state index contributed by atoms with van der Waals surface area (Å²) in [6.07, 6.45) is -3.20. The number of amides is 2. The number of nitrogens with one attached hydrogen (secondary N) is 4. The van der Waals surface area contributed by atoms with E-state index in [0.29, 0.717) is 40.6 Å². The number of ether oxygens (including phenoxy) is 1. The number of aromatic nitrogens is 3. The SMILES string of the molecule is CC(C)(CNC(=O)C(=O)Nc1ccc(Cl)c(F)c1)CNC(=S)c1ccc(N(N)c2nc(NC3(c4ccc(Cl)cc4)CC3)nc(OCC(F)(F)F)n2)cc1. The lowest BCUT2D eigenvalue weighted by Crippen LogP contribution is -2.44. The average Bonchev–Trinajstić information content (AvgIpc) is 3.90. The van der Waals surface area contributed by atoms with Crippen LogP contribution in [0.15, 0.2) is 66.7 Å². The predicted molar refractivity (Wildman–Crippen MR) is 197 cm³/mol. The second-order valence-corrected chi connectivity index (χ2v) is 14.1. The molecule has 0 saturated heterocycles. The molecule has 0 aliphatic heterocycles. The van der Waals surface area contributed by atoms with Gasteiger partial charge in [-0.3, -0.25) is 9.59 Å². The highest BCUT2D eigenvalue weighted by Crippen LogP contribution is 2.48. The summed E-state index contributed by atoms with van der Waals surface area (Å²) in [6, 6.07) is 16.8. The fraction of sp³-hybridized carbons (Fsp3) is 0.294. The number of carbonyl (C=O) groups excluding carboxylic acids is 2. The van der Waals surface area contributed by atoms with E-state index in [0.717, 1.165) is 16.6 Å². The normalized spacial score (nSPS) is 13.5. The van der Waals surface area contributed by atoms with Gasteiger partial charge in [-0.15, -0.1) is 0 Å². The van der Waals surface area contributed by atoms with Gasteiger partial charge in [0.25, 0.3) is 5.95 Å². The summed E-state index contributed by atoms with van der Waals surface area (Å²) in [5.74, 6) is 3.51. The fourth-order valence-electron chi connectivity index (χ4n) is 4.85. The minimum atomic E-state index is -4.63. The Kier molecular flexibility index (Phi) is 11.9. The first-order valence-electron chi connectivity index (χ1n) is 15.9. The monoisotopic (exact) mass is 793 g/mol. The third kappa shape index (κ3) is 10.8. The van der Waals surface area contributed by atoms with Gasteiger partial charge in [-0.05, 0) is 78.4 Å². The molecule has 19 heteroatoms. The Labute approximate surface area is 316 Å². The van der Waals surface area contributed by atoms with Crippen molar-refractivity contribution in [2.45, 2.75) is 38.4 Å². The van der Waals surface area contributed by atoms with Crippen molar-refractivity contribution in [2.75, 3.05) is 35.3 Å². The van der Waals surface area contributed by atoms with Crippen molar-refractivity contribution >= 4 is 75.5 Å². The molecule has 2 amide bonds. The van der Waals surface area contributed by atoms with Gasteiger partial charge in [0.1, 0.15) is 10.8 Å². The number of carbonyl (C=O) groups is 2. The minimum absolute atomic E-state index is 0.0338. The lowest BCUT2D eigenvalue weighted by molar-refractivity contribution is -0.154. The minimum Gasteiger partial charge on any atom is -0.454 e. The maximum absolute atomic E-state index is 13.7.